The summed E-state index contributed by atoms with van der Waals surface area (Å²) in [7, 11) is 1.70. The number of carbonyl (C=O) groups excluding carboxylic acids is 1. The summed E-state index contributed by atoms with van der Waals surface area (Å²) < 4.78 is 0. The Labute approximate surface area is 115 Å². The average Bonchev–Trinajstić information content (AvgIpc) is 2.91. The second kappa shape index (κ2) is 5.21. The predicted molar refractivity (Wildman–Crippen MR) is 72.4 cm³/mol. The van der Waals surface area contributed by atoms with Gasteiger partial charge in [0.1, 0.15) is 0 Å². The van der Waals surface area contributed by atoms with E-state index in [1.807, 2.05) is 0 Å². The maximum absolute atomic E-state index is 12.2. The lowest BCUT2D eigenvalue weighted by Gasteiger charge is -1.94. The van der Waals surface area contributed by atoms with Crippen LogP contribution in [0.3, 0.4) is 0 Å². The lowest BCUT2D eigenvalue weighted by atomic mass is 10.1. The Hall–Kier alpha value is -1.56. The Morgan fingerprint density at radius 1 is 1.37 bits per heavy atom. The van der Waals surface area contributed by atoms with Gasteiger partial charge in [-0.1, -0.05) is 6.42 Å². The van der Waals surface area contributed by atoms with Crippen LogP contribution in [0.1, 0.15) is 45.2 Å². The quantitative estimate of drug-likeness (QED) is 0.635. The summed E-state index contributed by atoms with van der Waals surface area (Å²) in [4.78, 5) is 15.8. The van der Waals surface area contributed by atoms with Crippen molar-refractivity contribution in [3.8, 4) is 0 Å². The highest BCUT2D eigenvalue weighted by Gasteiger charge is 2.18. The van der Waals surface area contributed by atoms with Crippen LogP contribution in [-0.2, 0) is 26.3 Å². The van der Waals surface area contributed by atoms with E-state index in [0.717, 1.165) is 17.7 Å². The highest BCUT2D eigenvalue weighted by molar-refractivity contribution is 7.14. The van der Waals surface area contributed by atoms with E-state index in [1.165, 1.54) is 34.5 Å². The number of hydrogen-bond donors (Lipinski definition) is 0. The van der Waals surface area contributed by atoms with Gasteiger partial charge in [0, 0.05) is 4.88 Å². The van der Waals surface area contributed by atoms with Crippen LogP contribution in [0.5, 0.6) is 0 Å². The number of tetrazole rings is 1. The van der Waals surface area contributed by atoms with Gasteiger partial charge in [0.2, 0.25) is 0 Å². The largest absolute Gasteiger partial charge is 0.293 e. The second-order valence-corrected chi connectivity index (χ2v) is 6.05. The smallest absolute Gasteiger partial charge is 0.182 e. The number of rotatable bonds is 3. The van der Waals surface area contributed by atoms with E-state index < -0.39 is 0 Å². The first kappa shape index (κ1) is 12.5. The van der Waals surface area contributed by atoms with E-state index in [9.17, 15) is 4.79 Å². The van der Waals surface area contributed by atoms with Crippen LogP contribution in [-0.4, -0.2) is 26.0 Å². The molecule has 1 aliphatic rings. The van der Waals surface area contributed by atoms with E-state index in [-0.39, 0.29) is 12.2 Å². The molecule has 0 radical (unpaired) electrons. The van der Waals surface area contributed by atoms with E-state index >= 15 is 0 Å². The molecular formula is C13H16N4OS. The number of aryl methyl sites for hydroxylation is 3. The van der Waals surface area contributed by atoms with Crippen molar-refractivity contribution >= 4 is 17.1 Å². The van der Waals surface area contributed by atoms with Gasteiger partial charge in [0.25, 0.3) is 0 Å². The summed E-state index contributed by atoms with van der Waals surface area (Å²) in [6, 6.07) is 2.07. The monoisotopic (exact) mass is 276 g/mol. The molecule has 0 bridgehead atoms. The average molecular weight is 276 g/mol. The van der Waals surface area contributed by atoms with E-state index in [0.29, 0.717) is 5.82 Å². The molecule has 6 heteroatoms. The molecular weight excluding hydrogens is 260 g/mol. The van der Waals surface area contributed by atoms with Gasteiger partial charge in [0.15, 0.2) is 11.6 Å². The Morgan fingerprint density at radius 3 is 3.00 bits per heavy atom. The fourth-order valence-corrected chi connectivity index (χ4v) is 3.62. The Balaban J connectivity index is 1.76. The van der Waals surface area contributed by atoms with Crippen LogP contribution in [0.25, 0.3) is 0 Å². The summed E-state index contributed by atoms with van der Waals surface area (Å²) >= 11 is 1.65. The first-order chi connectivity index (χ1) is 9.22. The summed E-state index contributed by atoms with van der Waals surface area (Å²) in [6.07, 6.45) is 6.26. The zero-order valence-electron chi connectivity index (χ0n) is 10.9. The number of Topliss-reactive ketones (excluding diaryl/α,β-unsaturated/α-hetero) is 1. The molecule has 2 aromatic rings. The first-order valence-corrected chi connectivity index (χ1v) is 7.41. The van der Waals surface area contributed by atoms with Crippen molar-refractivity contribution in [2.75, 3.05) is 0 Å². The molecule has 5 nitrogen and oxygen atoms in total. The third kappa shape index (κ3) is 2.73. The first-order valence-electron chi connectivity index (χ1n) is 6.60. The van der Waals surface area contributed by atoms with Crippen LogP contribution in [0.2, 0.25) is 0 Å². The molecule has 0 saturated carbocycles. The molecule has 0 unspecified atom stereocenters. The van der Waals surface area contributed by atoms with Crippen LogP contribution >= 0.6 is 11.3 Å². The van der Waals surface area contributed by atoms with Crippen LogP contribution in [0, 0.1) is 0 Å². The van der Waals surface area contributed by atoms with Gasteiger partial charge in [0.05, 0.1) is 18.3 Å². The fourth-order valence-electron chi connectivity index (χ4n) is 2.43. The summed E-state index contributed by atoms with van der Waals surface area (Å²) in [5.74, 6) is 0.599. The van der Waals surface area contributed by atoms with Crippen molar-refractivity contribution < 1.29 is 4.79 Å². The molecule has 2 heterocycles. The Bertz CT molecular complexity index is 578. The number of carbonyl (C=O) groups is 1. The van der Waals surface area contributed by atoms with Crippen molar-refractivity contribution in [1.82, 2.24) is 20.2 Å². The lowest BCUT2D eigenvalue weighted by molar-refractivity contribution is 0.0994. The van der Waals surface area contributed by atoms with Gasteiger partial charge in [-0.15, -0.1) is 21.5 Å². The maximum atomic E-state index is 12.2. The minimum atomic E-state index is 0.103. The van der Waals surface area contributed by atoms with E-state index in [1.54, 1.807) is 18.4 Å². The number of ketones is 1. The molecule has 0 aromatic carbocycles. The molecule has 19 heavy (non-hydrogen) atoms. The van der Waals surface area contributed by atoms with Gasteiger partial charge in [-0.3, -0.25) is 4.79 Å². The molecule has 0 atom stereocenters. The third-order valence-electron chi connectivity index (χ3n) is 3.39. The van der Waals surface area contributed by atoms with Crippen molar-refractivity contribution in [3.05, 3.63) is 27.2 Å². The highest BCUT2D eigenvalue weighted by Crippen LogP contribution is 2.29. The summed E-state index contributed by atoms with van der Waals surface area (Å²) in [5.41, 5.74) is 1.37. The fraction of sp³-hybridized carbons (Fsp3) is 0.538. The maximum Gasteiger partial charge on any atom is 0.182 e. The molecule has 0 fully saturated rings. The van der Waals surface area contributed by atoms with Crippen molar-refractivity contribution in [3.63, 3.8) is 0 Å². The number of nitrogens with zero attached hydrogens (tertiary/aromatic N) is 4. The zero-order chi connectivity index (χ0) is 13.2. The molecule has 0 amide bonds. The molecule has 0 aliphatic heterocycles. The van der Waals surface area contributed by atoms with Crippen molar-refractivity contribution in [2.45, 2.75) is 38.5 Å². The predicted octanol–water partition coefficient (Wildman–Crippen LogP) is 1.97. The minimum absolute atomic E-state index is 0.103. The highest BCUT2D eigenvalue weighted by atomic mass is 32.1. The number of hydrogen-bond acceptors (Lipinski definition) is 5. The SMILES string of the molecule is Cn1nnc(CC(=O)c2cc3c(s2)CCCCC3)n1. The Morgan fingerprint density at radius 2 is 2.21 bits per heavy atom. The van der Waals surface area contributed by atoms with Gasteiger partial charge in [-0.05, 0) is 42.5 Å². The number of fused-ring (bicyclic) bond motifs is 1. The van der Waals surface area contributed by atoms with Crippen LogP contribution < -0.4 is 0 Å². The van der Waals surface area contributed by atoms with E-state index in [4.69, 9.17) is 0 Å². The van der Waals surface area contributed by atoms with Gasteiger partial charge in [-0.2, -0.15) is 4.80 Å². The molecule has 0 spiro atoms. The minimum Gasteiger partial charge on any atom is -0.293 e. The van der Waals surface area contributed by atoms with E-state index in [2.05, 4.69) is 21.5 Å². The normalized spacial score (nSPS) is 15.0. The zero-order valence-corrected chi connectivity index (χ0v) is 11.7. The summed E-state index contributed by atoms with van der Waals surface area (Å²) in [6.45, 7) is 0. The molecule has 0 saturated heterocycles. The molecule has 3 rings (SSSR count). The molecule has 1 aliphatic carbocycles. The standard InChI is InChI=1S/C13H16N4OS/c1-17-15-13(14-16-17)8-10(18)12-7-9-5-3-2-4-6-11(9)19-12/h7H,2-6,8H2,1H3. The third-order valence-corrected chi connectivity index (χ3v) is 4.67. The van der Waals surface area contributed by atoms with Crippen molar-refractivity contribution in [2.24, 2.45) is 7.05 Å². The topological polar surface area (TPSA) is 60.7 Å². The van der Waals surface area contributed by atoms with Gasteiger partial charge < -0.3 is 0 Å². The molecule has 0 N–H and O–H groups in total. The number of thiophene rings is 1. The van der Waals surface area contributed by atoms with Crippen LogP contribution in [0.15, 0.2) is 6.07 Å². The van der Waals surface area contributed by atoms with Crippen LogP contribution in [0.4, 0.5) is 0 Å². The van der Waals surface area contributed by atoms with Gasteiger partial charge >= 0.3 is 0 Å². The second-order valence-electron chi connectivity index (χ2n) is 4.91. The summed E-state index contributed by atoms with van der Waals surface area (Å²) in [5, 5.41) is 11.7. The number of aromatic nitrogens is 4. The van der Waals surface area contributed by atoms with Gasteiger partial charge in [-0.25, -0.2) is 0 Å². The Kier molecular flexibility index (Phi) is 3.42. The molecule has 2 aromatic heterocycles. The lowest BCUT2D eigenvalue weighted by Crippen LogP contribution is -2.03. The van der Waals surface area contributed by atoms with Crippen molar-refractivity contribution in [1.29, 1.82) is 0 Å². The molecule has 100 valence electrons.